The number of imidazole rings is 1. The monoisotopic (exact) mass is 278 g/mol. The molecule has 8 heteroatoms. The number of sulfone groups is 1. The summed E-state index contributed by atoms with van der Waals surface area (Å²) in [5.74, 6) is 0. The smallest absolute Gasteiger partial charge is 0.331 e. The van der Waals surface area contributed by atoms with Gasteiger partial charge in [0.2, 0.25) is 0 Å². The van der Waals surface area contributed by atoms with Gasteiger partial charge in [0.05, 0.1) is 22.3 Å². The Morgan fingerprint density at radius 3 is 2.56 bits per heavy atom. The van der Waals surface area contributed by atoms with Gasteiger partial charge in [-0.25, -0.2) is 13.4 Å². The summed E-state index contributed by atoms with van der Waals surface area (Å²) in [5.41, 5.74) is -4.48. The van der Waals surface area contributed by atoms with Crippen LogP contribution in [0.2, 0.25) is 0 Å². The molecule has 1 aromatic carbocycles. The fourth-order valence-electron chi connectivity index (χ4n) is 1.60. The Balaban J connectivity index is 2.62. The van der Waals surface area contributed by atoms with Gasteiger partial charge in [-0.1, -0.05) is 0 Å². The van der Waals surface area contributed by atoms with E-state index in [0.29, 0.717) is 12.1 Å². The summed E-state index contributed by atoms with van der Waals surface area (Å²) in [4.78, 5) is 3.09. The molecule has 2 rings (SSSR count). The number of nitrogens with zero attached hydrogens (tertiary/aromatic N) is 2. The van der Waals surface area contributed by atoms with E-state index in [2.05, 4.69) is 4.98 Å². The maximum Gasteiger partial charge on any atom is 0.501 e. The lowest BCUT2D eigenvalue weighted by atomic mass is 10.3. The second-order valence-corrected chi connectivity index (χ2v) is 5.57. The zero-order valence-electron chi connectivity index (χ0n) is 9.27. The summed E-state index contributed by atoms with van der Waals surface area (Å²) < 4.78 is 61.3. The summed E-state index contributed by atoms with van der Waals surface area (Å²) in [6.07, 6.45) is 1.45. The highest BCUT2D eigenvalue weighted by molar-refractivity contribution is 7.92. The minimum Gasteiger partial charge on any atom is -0.331 e. The molecule has 0 atom stereocenters. The van der Waals surface area contributed by atoms with Crippen LogP contribution in [0.4, 0.5) is 13.2 Å². The number of alkyl halides is 3. The molecule has 2 aromatic rings. The third-order valence-corrected chi connectivity index (χ3v) is 4.03. The SMILES string of the molecule is CCn1cnc2cc(S(=O)(=O)C(F)(F)F)ccc21. The average Bonchev–Trinajstić information content (AvgIpc) is 2.69. The van der Waals surface area contributed by atoms with Crippen LogP contribution in [0.5, 0.6) is 0 Å². The molecule has 1 aromatic heterocycles. The first-order chi connectivity index (χ1) is 8.27. The summed E-state index contributed by atoms with van der Waals surface area (Å²) in [7, 11) is -5.31. The molecule has 0 spiro atoms. The first-order valence-corrected chi connectivity index (χ1v) is 6.52. The van der Waals surface area contributed by atoms with Crippen molar-refractivity contribution < 1.29 is 21.6 Å². The van der Waals surface area contributed by atoms with Crippen molar-refractivity contribution in [3.05, 3.63) is 24.5 Å². The minimum absolute atomic E-state index is 0.224. The second kappa shape index (κ2) is 3.98. The molecular weight excluding hydrogens is 269 g/mol. The van der Waals surface area contributed by atoms with Crippen LogP contribution in [0.1, 0.15) is 6.92 Å². The van der Waals surface area contributed by atoms with Crippen molar-refractivity contribution in [3.63, 3.8) is 0 Å². The Bertz CT molecular complexity index is 689. The van der Waals surface area contributed by atoms with E-state index < -0.39 is 20.2 Å². The predicted octanol–water partition coefficient (Wildman–Crippen LogP) is 2.35. The molecular formula is C10H9F3N2O2S. The number of rotatable bonds is 2. The highest BCUT2D eigenvalue weighted by Crippen LogP contribution is 2.31. The van der Waals surface area contributed by atoms with Gasteiger partial charge in [-0.3, -0.25) is 0 Å². The van der Waals surface area contributed by atoms with Crippen molar-refractivity contribution in [3.8, 4) is 0 Å². The lowest BCUT2D eigenvalue weighted by Gasteiger charge is -2.08. The molecule has 0 amide bonds. The fraction of sp³-hybridized carbons (Fsp3) is 0.300. The maximum absolute atomic E-state index is 12.4. The van der Waals surface area contributed by atoms with E-state index in [4.69, 9.17) is 0 Å². The maximum atomic E-state index is 12.4. The Hall–Kier alpha value is -1.57. The quantitative estimate of drug-likeness (QED) is 0.847. The largest absolute Gasteiger partial charge is 0.501 e. The van der Waals surface area contributed by atoms with Gasteiger partial charge in [-0.05, 0) is 25.1 Å². The van der Waals surface area contributed by atoms with Crippen LogP contribution in [0.15, 0.2) is 29.4 Å². The molecule has 18 heavy (non-hydrogen) atoms. The molecule has 0 N–H and O–H groups in total. The molecule has 0 bridgehead atoms. The number of aryl methyl sites for hydroxylation is 1. The molecule has 0 aliphatic rings. The van der Waals surface area contributed by atoms with E-state index in [9.17, 15) is 21.6 Å². The number of benzene rings is 1. The average molecular weight is 278 g/mol. The Morgan fingerprint density at radius 2 is 2.00 bits per heavy atom. The van der Waals surface area contributed by atoms with Crippen molar-refractivity contribution in [1.82, 2.24) is 9.55 Å². The molecule has 0 aliphatic heterocycles. The van der Waals surface area contributed by atoms with E-state index in [1.807, 2.05) is 6.92 Å². The number of hydrogen-bond donors (Lipinski definition) is 0. The van der Waals surface area contributed by atoms with Gasteiger partial charge < -0.3 is 4.57 Å². The first-order valence-electron chi connectivity index (χ1n) is 5.03. The normalized spacial score (nSPS) is 13.1. The van der Waals surface area contributed by atoms with E-state index in [0.717, 1.165) is 12.1 Å². The lowest BCUT2D eigenvalue weighted by Crippen LogP contribution is -2.23. The van der Waals surface area contributed by atoms with E-state index in [-0.39, 0.29) is 5.52 Å². The first kappa shape index (κ1) is 12.9. The van der Waals surface area contributed by atoms with E-state index in [1.54, 1.807) is 4.57 Å². The zero-order valence-corrected chi connectivity index (χ0v) is 10.1. The topological polar surface area (TPSA) is 52.0 Å². The highest BCUT2D eigenvalue weighted by atomic mass is 32.2. The minimum atomic E-state index is -5.31. The van der Waals surface area contributed by atoms with Gasteiger partial charge in [0, 0.05) is 6.54 Å². The molecule has 0 saturated carbocycles. The van der Waals surface area contributed by atoms with Gasteiger partial charge in [0.1, 0.15) is 0 Å². The predicted molar refractivity (Wildman–Crippen MR) is 58.6 cm³/mol. The summed E-state index contributed by atoms with van der Waals surface area (Å²) >= 11 is 0. The highest BCUT2D eigenvalue weighted by Gasteiger charge is 2.46. The van der Waals surface area contributed by atoms with Gasteiger partial charge in [-0.15, -0.1) is 0 Å². The van der Waals surface area contributed by atoms with Gasteiger partial charge in [0.25, 0.3) is 9.84 Å². The molecule has 0 saturated heterocycles. The molecule has 98 valence electrons. The molecule has 0 fully saturated rings. The third kappa shape index (κ3) is 1.86. The van der Waals surface area contributed by atoms with Crippen molar-refractivity contribution >= 4 is 20.9 Å². The fourth-order valence-corrected chi connectivity index (χ4v) is 2.38. The Kier molecular flexibility index (Phi) is 2.84. The van der Waals surface area contributed by atoms with Crippen LogP contribution in [0, 0.1) is 0 Å². The van der Waals surface area contributed by atoms with Gasteiger partial charge in [-0.2, -0.15) is 13.2 Å². The van der Waals surface area contributed by atoms with Crippen LogP contribution in [0.3, 0.4) is 0 Å². The number of aromatic nitrogens is 2. The van der Waals surface area contributed by atoms with Crippen LogP contribution >= 0.6 is 0 Å². The van der Waals surface area contributed by atoms with Crippen LogP contribution in [-0.2, 0) is 16.4 Å². The molecule has 4 nitrogen and oxygen atoms in total. The molecule has 1 heterocycles. The molecule has 0 unspecified atom stereocenters. The van der Waals surface area contributed by atoms with Crippen LogP contribution in [0.25, 0.3) is 11.0 Å². The molecule has 0 radical (unpaired) electrons. The van der Waals surface area contributed by atoms with Crippen LogP contribution < -0.4 is 0 Å². The number of fused-ring (bicyclic) bond motifs is 1. The van der Waals surface area contributed by atoms with Crippen molar-refractivity contribution in [1.29, 1.82) is 0 Å². The number of hydrogen-bond acceptors (Lipinski definition) is 3. The van der Waals surface area contributed by atoms with E-state index in [1.165, 1.54) is 12.4 Å². The van der Waals surface area contributed by atoms with Crippen molar-refractivity contribution in [2.45, 2.75) is 23.9 Å². The van der Waals surface area contributed by atoms with Crippen molar-refractivity contribution in [2.24, 2.45) is 0 Å². The Labute approximate surface area is 101 Å². The summed E-state index contributed by atoms with van der Waals surface area (Å²) in [6.45, 7) is 2.45. The molecule has 0 aliphatic carbocycles. The zero-order chi connectivity index (χ0) is 13.6. The van der Waals surface area contributed by atoms with Crippen molar-refractivity contribution in [2.75, 3.05) is 0 Å². The van der Waals surface area contributed by atoms with E-state index >= 15 is 0 Å². The summed E-state index contributed by atoms with van der Waals surface area (Å²) in [5, 5.41) is 0. The van der Waals surface area contributed by atoms with Gasteiger partial charge >= 0.3 is 5.51 Å². The Morgan fingerprint density at radius 1 is 1.33 bits per heavy atom. The number of halogens is 3. The summed E-state index contributed by atoms with van der Waals surface area (Å²) in [6, 6.07) is 3.20. The lowest BCUT2D eigenvalue weighted by molar-refractivity contribution is -0.0435. The standard InChI is InChI=1S/C10H9F3N2O2S/c1-2-15-6-14-8-5-7(3-4-9(8)15)18(16,17)10(11,12)13/h3-6H,2H2,1H3. The second-order valence-electron chi connectivity index (χ2n) is 3.63. The third-order valence-electron chi connectivity index (χ3n) is 2.55. The van der Waals surface area contributed by atoms with Crippen LogP contribution in [-0.4, -0.2) is 23.5 Å². The van der Waals surface area contributed by atoms with Gasteiger partial charge in [0.15, 0.2) is 0 Å².